The standard InChI is InChI=1S/C23H28N5O2P/c1-15-11-18(31)3-4-19(15)20-5-6-28-21(14-25-22(28)12-17(20)13-24)23(30)27-9-7-26(8-10-27)16(2)29/h3-5,11-12,14H,6-10,13,24,31H2,1-2H3. The molecule has 0 saturated carbocycles. The van der Waals surface area contributed by atoms with Crippen molar-refractivity contribution in [2.75, 3.05) is 32.7 Å². The molecule has 2 N–H and O–H groups in total. The van der Waals surface area contributed by atoms with Gasteiger partial charge in [-0.2, -0.15) is 0 Å². The summed E-state index contributed by atoms with van der Waals surface area (Å²) in [7, 11) is 2.72. The second kappa shape index (κ2) is 8.77. The number of hydrogen-bond acceptors (Lipinski definition) is 4. The van der Waals surface area contributed by atoms with Gasteiger partial charge in [-0.3, -0.25) is 9.59 Å². The number of piperazine rings is 1. The molecule has 2 aromatic rings. The van der Waals surface area contributed by atoms with Gasteiger partial charge in [0.05, 0.1) is 6.20 Å². The van der Waals surface area contributed by atoms with E-state index in [0.29, 0.717) is 45.0 Å². The lowest BCUT2D eigenvalue weighted by Crippen LogP contribution is -2.50. The van der Waals surface area contributed by atoms with Crippen LogP contribution in [-0.4, -0.2) is 63.9 Å². The van der Waals surface area contributed by atoms with Crippen molar-refractivity contribution in [3.63, 3.8) is 0 Å². The first-order valence-corrected chi connectivity index (χ1v) is 11.0. The van der Waals surface area contributed by atoms with Gasteiger partial charge in [-0.25, -0.2) is 4.98 Å². The quantitative estimate of drug-likeness (QED) is 0.737. The summed E-state index contributed by atoms with van der Waals surface area (Å²) in [6.45, 7) is 6.78. The molecular formula is C23H28N5O2P. The van der Waals surface area contributed by atoms with E-state index in [9.17, 15) is 9.59 Å². The third kappa shape index (κ3) is 4.21. The summed E-state index contributed by atoms with van der Waals surface area (Å²) in [6, 6.07) is 6.32. The highest BCUT2D eigenvalue weighted by Crippen LogP contribution is 2.30. The van der Waals surface area contributed by atoms with Crippen molar-refractivity contribution in [3.8, 4) is 0 Å². The molecule has 1 aromatic heterocycles. The molecule has 2 amide bonds. The Labute approximate surface area is 184 Å². The first kappa shape index (κ1) is 21.5. The zero-order valence-corrected chi connectivity index (χ0v) is 19.1. The topological polar surface area (TPSA) is 84.5 Å². The van der Waals surface area contributed by atoms with Crippen LogP contribution in [0.5, 0.6) is 0 Å². The number of amides is 2. The second-order valence-corrected chi connectivity index (χ2v) is 8.64. The number of benzene rings is 1. The number of fused-ring (bicyclic) bond motifs is 1. The Balaban J connectivity index is 1.63. The van der Waals surface area contributed by atoms with Gasteiger partial charge >= 0.3 is 0 Å². The van der Waals surface area contributed by atoms with Crippen molar-refractivity contribution in [1.29, 1.82) is 0 Å². The van der Waals surface area contributed by atoms with Gasteiger partial charge in [0.25, 0.3) is 5.91 Å². The lowest BCUT2D eigenvalue weighted by molar-refractivity contribution is -0.130. The molecule has 7 nitrogen and oxygen atoms in total. The molecule has 1 saturated heterocycles. The molecule has 0 aliphatic carbocycles. The van der Waals surface area contributed by atoms with Crippen LogP contribution in [0, 0.1) is 6.92 Å². The molecule has 31 heavy (non-hydrogen) atoms. The maximum atomic E-state index is 13.2. The van der Waals surface area contributed by atoms with Crippen LogP contribution >= 0.6 is 9.24 Å². The zero-order valence-electron chi connectivity index (χ0n) is 18.0. The van der Waals surface area contributed by atoms with Crippen molar-refractivity contribution in [2.24, 2.45) is 5.73 Å². The fourth-order valence-electron chi connectivity index (χ4n) is 4.24. The van der Waals surface area contributed by atoms with Crippen molar-refractivity contribution in [2.45, 2.75) is 20.4 Å². The largest absolute Gasteiger partial charge is 0.339 e. The van der Waals surface area contributed by atoms with E-state index >= 15 is 0 Å². The number of imidazole rings is 1. The number of carbonyl (C=O) groups is 2. The molecule has 8 heteroatoms. The maximum absolute atomic E-state index is 13.2. The Morgan fingerprint density at radius 1 is 1.16 bits per heavy atom. The highest BCUT2D eigenvalue weighted by atomic mass is 31.0. The molecular weight excluding hydrogens is 409 g/mol. The fourth-order valence-corrected chi connectivity index (χ4v) is 4.59. The average molecular weight is 437 g/mol. The number of rotatable bonds is 3. The summed E-state index contributed by atoms with van der Waals surface area (Å²) in [5, 5.41) is 1.14. The van der Waals surface area contributed by atoms with Gasteiger partial charge in [0.2, 0.25) is 5.91 Å². The molecule has 2 aliphatic rings. The van der Waals surface area contributed by atoms with E-state index in [-0.39, 0.29) is 11.8 Å². The van der Waals surface area contributed by atoms with Gasteiger partial charge in [0, 0.05) is 46.2 Å². The average Bonchev–Trinajstić information content (AvgIpc) is 3.06. The highest BCUT2D eigenvalue weighted by Gasteiger charge is 2.27. The van der Waals surface area contributed by atoms with Crippen LogP contribution in [-0.2, 0) is 11.3 Å². The van der Waals surface area contributed by atoms with Gasteiger partial charge < -0.3 is 20.1 Å². The summed E-state index contributed by atoms with van der Waals surface area (Å²) in [6.07, 6.45) is 5.76. The van der Waals surface area contributed by atoms with Crippen molar-refractivity contribution < 1.29 is 9.59 Å². The molecule has 3 heterocycles. The highest BCUT2D eigenvalue weighted by molar-refractivity contribution is 7.27. The number of aromatic nitrogens is 2. The Hall–Kier alpha value is -2.76. The van der Waals surface area contributed by atoms with E-state index in [4.69, 9.17) is 5.73 Å². The van der Waals surface area contributed by atoms with E-state index in [1.54, 1.807) is 22.9 Å². The van der Waals surface area contributed by atoms with Crippen molar-refractivity contribution >= 4 is 38.0 Å². The SMILES string of the molecule is CC(=O)N1CCN(C(=O)c2cnc3n2CC=C(c2ccc(P)cc2C)C(CN)=C3)CC1. The number of hydrogen-bond donors (Lipinski definition) is 1. The van der Waals surface area contributed by atoms with E-state index in [0.717, 1.165) is 27.8 Å². The lowest BCUT2D eigenvalue weighted by atomic mass is 9.94. The van der Waals surface area contributed by atoms with Crippen molar-refractivity contribution in [3.05, 3.63) is 58.7 Å². The van der Waals surface area contributed by atoms with Crippen LogP contribution in [0.1, 0.15) is 34.4 Å². The van der Waals surface area contributed by atoms with Crippen molar-refractivity contribution in [1.82, 2.24) is 19.4 Å². The van der Waals surface area contributed by atoms with Gasteiger partial charge in [0.1, 0.15) is 11.5 Å². The Morgan fingerprint density at radius 3 is 2.52 bits per heavy atom. The second-order valence-electron chi connectivity index (χ2n) is 7.98. The maximum Gasteiger partial charge on any atom is 0.272 e. The summed E-state index contributed by atoms with van der Waals surface area (Å²) in [5.74, 6) is 0.732. The Kier molecular flexibility index (Phi) is 6.08. The van der Waals surface area contributed by atoms with Crippen LogP contribution in [0.2, 0.25) is 0 Å². The predicted octanol–water partition coefficient (Wildman–Crippen LogP) is 1.44. The van der Waals surface area contributed by atoms with Gasteiger partial charge in [-0.05, 0) is 40.6 Å². The smallest absolute Gasteiger partial charge is 0.272 e. The summed E-state index contributed by atoms with van der Waals surface area (Å²) >= 11 is 0. The minimum Gasteiger partial charge on any atom is -0.339 e. The van der Waals surface area contributed by atoms with Gasteiger partial charge in [-0.1, -0.05) is 24.3 Å². The normalized spacial score (nSPS) is 16.4. The lowest BCUT2D eigenvalue weighted by Gasteiger charge is -2.34. The minimum absolute atomic E-state index is 0.0485. The minimum atomic E-state index is -0.0509. The van der Waals surface area contributed by atoms with Gasteiger partial charge in [0.15, 0.2) is 0 Å². The molecule has 0 radical (unpaired) electrons. The van der Waals surface area contributed by atoms with Crippen LogP contribution in [0.3, 0.4) is 0 Å². The van der Waals surface area contributed by atoms with Crippen LogP contribution < -0.4 is 11.0 Å². The molecule has 4 rings (SSSR count). The Morgan fingerprint density at radius 2 is 1.87 bits per heavy atom. The fraction of sp³-hybridized carbons (Fsp3) is 0.348. The van der Waals surface area contributed by atoms with E-state index in [1.165, 1.54) is 5.56 Å². The molecule has 0 spiro atoms. The van der Waals surface area contributed by atoms with Crippen LogP contribution in [0.15, 0.2) is 36.0 Å². The first-order chi connectivity index (χ1) is 14.9. The molecule has 162 valence electrons. The predicted molar refractivity (Wildman–Crippen MR) is 126 cm³/mol. The van der Waals surface area contributed by atoms with Gasteiger partial charge in [-0.15, -0.1) is 9.24 Å². The molecule has 2 aliphatic heterocycles. The molecule has 0 bridgehead atoms. The van der Waals surface area contributed by atoms with Crippen LogP contribution in [0.25, 0.3) is 11.6 Å². The van der Waals surface area contributed by atoms with E-state index in [1.807, 2.05) is 10.6 Å². The summed E-state index contributed by atoms with van der Waals surface area (Å²) in [4.78, 5) is 32.9. The molecule has 1 fully saturated rings. The molecule has 1 unspecified atom stereocenters. The Bertz CT molecular complexity index is 1090. The third-order valence-corrected chi connectivity index (χ3v) is 6.36. The monoisotopic (exact) mass is 437 g/mol. The zero-order chi connectivity index (χ0) is 22.1. The van der Waals surface area contributed by atoms with E-state index in [2.05, 4.69) is 45.4 Å². The van der Waals surface area contributed by atoms with Crippen LogP contribution in [0.4, 0.5) is 0 Å². The number of allylic oxidation sites excluding steroid dienone is 1. The molecule has 1 aromatic carbocycles. The number of nitrogens with zero attached hydrogens (tertiary/aromatic N) is 4. The summed E-state index contributed by atoms with van der Waals surface area (Å²) in [5.41, 5.74) is 11.1. The first-order valence-electron chi connectivity index (χ1n) is 10.5. The van der Waals surface area contributed by atoms with E-state index < -0.39 is 0 Å². The molecule has 1 atom stereocenters. The third-order valence-electron chi connectivity index (χ3n) is 6.01. The number of aryl methyl sites for hydroxylation is 1. The number of carbonyl (C=O) groups excluding carboxylic acids is 2. The summed E-state index contributed by atoms with van der Waals surface area (Å²) < 4.78 is 1.95. The number of nitrogens with two attached hydrogens (primary N) is 1.